The molecule has 1 N–H and O–H groups in total. The molecule has 0 radical (unpaired) electrons. The van der Waals surface area contributed by atoms with Crippen LogP contribution in [0.4, 0.5) is 4.39 Å². The lowest BCUT2D eigenvalue weighted by molar-refractivity contribution is -0.118. The highest BCUT2D eigenvalue weighted by Gasteiger charge is 2.31. The van der Waals surface area contributed by atoms with Gasteiger partial charge in [0.1, 0.15) is 11.9 Å². The van der Waals surface area contributed by atoms with E-state index in [9.17, 15) is 9.18 Å². The average molecular weight is 289 g/mol. The van der Waals surface area contributed by atoms with Crippen LogP contribution in [0.15, 0.2) is 48.1 Å². The summed E-state index contributed by atoms with van der Waals surface area (Å²) < 4.78 is 18.7. The monoisotopic (exact) mass is 289 g/mol. The maximum absolute atomic E-state index is 13.0. The molecule has 1 amide bonds. The van der Waals surface area contributed by atoms with Gasteiger partial charge in [-0.05, 0) is 29.2 Å². The quantitative estimate of drug-likeness (QED) is 0.904. The van der Waals surface area contributed by atoms with E-state index in [1.54, 1.807) is 18.2 Å². The van der Waals surface area contributed by atoms with Gasteiger partial charge in [0.25, 0.3) is 5.91 Å². The number of hydrogen-bond donors (Lipinski definition) is 1. The van der Waals surface area contributed by atoms with Crippen molar-refractivity contribution in [2.45, 2.75) is 20.0 Å². The van der Waals surface area contributed by atoms with Gasteiger partial charge in [-0.3, -0.25) is 4.79 Å². The molecule has 0 aromatic heterocycles. The van der Waals surface area contributed by atoms with Gasteiger partial charge in [0.15, 0.2) is 0 Å². The van der Waals surface area contributed by atoms with Crippen LogP contribution in [-0.2, 0) is 9.53 Å². The standard InChI is InChI=1S/C17H20FNO2/c1-4-12-10-21-16(13-5-7-14(18)8-6-13)15(12)17(20)19-9-11(2)3/h4-8,11,16H,1,9-10H2,2-3H3,(H,19,20). The Balaban J connectivity index is 2.25. The molecule has 2 rings (SSSR count). The molecule has 3 nitrogen and oxygen atoms in total. The van der Waals surface area contributed by atoms with E-state index < -0.39 is 6.10 Å². The summed E-state index contributed by atoms with van der Waals surface area (Å²) in [7, 11) is 0. The predicted octanol–water partition coefficient (Wildman–Crippen LogP) is 3.15. The summed E-state index contributed by atoms with van der Waals surface area (Å²) >= 11 is 0. The maximum atomic E-state index is 13.0. The number of benzene rings is 1. The van der Waals surface area contributed by atoms with Crippen LogP contribution in [0.1, 0.15) is 25.5 Å². The Morgan fingerprint density at radius 1 is 1.48 bits per heavy atom. The summed E-state index contributed by atoms with van der Waals surface area (Å²) in [6, 6.07) is 6.02. The summed E-state index contributed by atoms with van der Waals surface area (Å²) in [5, 5.41) is 2.90. The first kappa shape index (κ1) is 15.4. The molecule has 4 heteroatoms. The number of amides is 1. The topological polar surface area (TPSA) is 38.3 Å². The molecule has 1 aliphatic heterocycles. The van der Waals surface area contributed by atoms with Gasteiger partial charge in [-0.2, -0.15) is 0 Å². The minimum atomic E-state index is -0.467. The molecule has 0 saturated heterocycles. The maximum Gasteiger partial charge on any atom is 0.250 e. The van der Waals surface area contributed by atoms with Crippen molar-refractivity contribution in [1.82, 2.24) is 5.32 Å². The second kappa shape index (κ2) is 6.68. The minimum absolute atomic E-state index is 0.148. The van der Waals surface area contributed by atoms with Crippen LogP contribution in [0.2, 0.25) is 0 Å². The largest absolute Gasteiger partial charge is 0.364 e. The van der Waals surface area contributed by atoms with Crippen molar-refractivity contribution in [1.29, 1.82) is 0 Å². The lowest BCUT2D eigenvalue weighted by Gasteiger charge is -2.16. The molecule has 1 unspecified atom stereocenters. The van der Waals surface area contributed by atoms with Crippen LogP contribution < -0.4 is 5.32 Å². The normalized spacial score (nSPS) is 18.2. The van der Waals surface area contributed by atoms with Gasteiger partial charge in [0, 0.05) is 6.54 Å². The smallest absolute Gasteiger partial charge is 0.250 e. The van der Waals surface area contributed by atoms with Crippen molar-refractivity contribution in [2.24, 2.45) is 5.92 Å². The summed E-state index contributed by atoms with van der Waals surface area (Å²) in [5.74, 6) is -0.0887. The highest BCUT2D eigenvalue weighted by molar-refractivity contribution is 5.96. The summed E-state index contributed by atoms with van der Waals surface area (Å²) in [5.41, 5.74) is 2.12. The first-order valence-electron chi connectivity index (χ1n) is 7.03. The minimum Gasteiger partial charge on any atom is -0.364 e. The van der Waals surface area contributed by atoms with E-state index in [-0.39, 0.29) is 11.7 Å². The van der Waals surface area contributed by atoms with Gasteiger partial charge in [0.05, 0.1) is 12.2 Å². The number of nitrogens with one attached hydrogen (secondary N) is 1. The third-order valence-corrected chi connectivity index (χ3v) is 3.35. The highest BCUT2D eigenvalue weighted by Crippen LogP contribution is 2.34. The van der Waals surface area contributed by atoms with E-state index in [1.807, 2.05) is 13.8 Å². The van der Waals surface area contributed by atoms with Crippen molar-refractivity contribution < 1.29 is 13.9 Å². The van der Waals surface area contributed by atoms with Crippen molar-refractivity contribution in [3.8, 4) is 0 Å². The zero-order valence-corrected chi connectivity index (χ0v) is 12.4. The Morgan fingerprint density at radius 2 is 2.14 bits per heavy atom. The van der Waals surface area contributed by atoms with E-state index in [0.29, 0.717) is 24.6 Å². The van der Waals surface area contributed by atoms with Crippen molar-refractivity contribution in [3.63, 3.8) is 0 Å². The molecule has 112 valence electrons. The molecule has 1 aromatic rings. The van der Waals surface area contributed by atoms with Crippen molar-refractivity contribution in [2.75, 3.05) is 13.2 Å². The summed E-state index contributed by atoms with van der Waals surface area (Å²) in [6.45, 7) is 8.75. The molecule has 1 aliphatic rings. The third-order valence-electron chi connectivity index (χ3n) is 3.35. The predicted molar refractivity (Wildman–Crippen MR) is 80.2 cm³/mol. The van der Waals surface area contributed by atoms with Crippen LogP contribution in [0.5, 0.6) is 0 Å². The first-order chi connectivity index (χ1) is 10.0. The second-order valence-corrected chi connectivity index (χ2v) is 5.49. The number of halogens is 1. The average Bonchev–Trinajstić information content (AvgIpc) is 2.89. The van der Waals surface area contributed by atoms with Crippen molar-refractivity contribution >= 4 is 5.91 Å². The Kier molecular flexibility index (Phi) is 4.91. The SMILES string of the molecule is C=CC1=C(C(=O)NCC(C)C)C(c2ccc(F)cc2)OC1. The Morgan fingerprint density at radius 3 is 2.71 bits per heavy atom. The number of hydrogen-bond acceptors (Lipinski definition) is 2. The molecule has 0 fully saturated rings. The number of carbonyl (C=O) groups excluding carboxylic acids is 1. The Bertz CT molecular complexity index is 561. The van der Waals surface area contributed by atoms with Gasteiger partial charge in [0.2, 0.25) is 0 Å². The summed E-state index contributed by atoms with van der Waals surface area (Å²) in [4.78, 5) is 12.4. The van der Waals surface area contributed by atoms with Crippen LogP contribution in [0, 0.1) is 11.7 Å². The molecular weight excluding hydrogens is 269 g/mol. The van der Waals surface area contributed by atoms with Gasteiger partial charge >= 0.3 is 0 Å². The van der Waals surface area contributed by atoms with E-state index in [1.165, 1.54) is 12.1 Å². The number of ether oxygens (including phenoxy) is 1. The fourth-order valence-electron chi connectivity index (χ4n) is 2.23. The molecule has 0 aliphatic carbocycles. The van der Waals surface area contributed by atoms with E-state index in [0.717, 1.165) is 11.1 Å². The summed E-state index contributed by atoms with van der Waals surface area (Å²) in [6.07, 6.45) is 1.18. The van der Waals surface area contributed by atoms with Crippen LogP contribution >= 0.6 is 0 Å². The fraction of sp³-hybridized carbons (Fsp3) is 0.353. The highest BCUT2D eigenvalue weighted by atomic mass is 19.1. The fourth-order valence-corrected chi connectivity index (χ4v) is 2.23. The molecule has 1 heterocycles. The van der Waals surface area contributed by atoms with Gasteiger partial charge in [-0.1, -0.05) is 38.6 Å². The molecule has 1 aromatic carbocycles. The molecular formula is C17H20FNO2. The van der Waals surface area contributed by atoms with E-state index in [4.69, 9.17) is 4.74 Å². The first-order valence-corrected chi connectivity index (χ1v) is 7.03. The molecule has 0 bridgehead atoms. The van der Waals surface area contributed by atoms with Crippen LogP contribution in [-0.4, -0.2) is 19.1 Å². The lowest BCUT2D eigenvalue weighted by Crippen LogP contribution is -2.30. The van der Waals surface area contributed by atoms with Gasteiger partial charge < -0.3 is 10.1 Å². The van der Waals surface area contributed by atoms with Crippen LogP contribution in [0.25, 0.3) is 0 Å². The van der Waals surface area contributed by atoms with E-state index >= 15 is 0 Å². The van der Waals surface area contributed by atoms with Crippen molar-refractivity contribution in [3.05, 3.63) is 59.4 Å². The lowest BCUT2D eigenvalue weighted by atomic mass is 9.98. The van der Waals surface area contributed by atoms with Crippen LogP contribution in [0.3, 0.4) is 0 Å². The molecule has 21 heavy (non-hydrogen) atoms. The zero-order valence-electron chi connectivity index (χ0n) is 12.4. The number of carbonyl (C=O) groups is 1. The Labute approximate surface area is 124 Å². The zero-order chi connectivity index (χ0) is 15.4. The second-order valence-electron chi connectivity index (χ2n) is 5.49. The Hall–Kier alpha value is -1.94. The van der Waals surface area contributed by atoms with Gasteiger partial charge in [-0.25, -0.2) is 4.39 Å². The van der Waals surface area contributed by atoms with E-state index in [2.05, 4.69) is 11.9 Å². The molecule has 0 spiro atoms. The number of rotatable bonds is 5. The van der Waals surface area contributed by atoms with Gasteiger partial charge in [-0.15, -0.1) is 0 Å². The molecule has 0 saturated carbocycles. The third kappa shape index (κ3) is 3.58. The molecule has 1 atom stereocenters.